The smallest absolute Gasteiger partial charge is 0.166 e. The summed E-state index contributed by atoms with van der Waals surface area (Å²) in [4.78, 5) is 16.1. The van der Waals surface area contributed by atoms with Crippen LogP contribution in [-0.4, -0.2) is 51.7 Å². The molecule has 2 aromatic carbocycles. The molecule has 1 saturated heterocycles. The number of benzene rings is 2. The van der Waals surface area contributed by atoms with Crippen LogP contribution in [0.25, 0.3) is 0 Å². The standard InChI is InChI=1S/C30H33NO4/c1-18-11-12-30(34)25-16-22-21(23(32)10-9-19-5-3-2-4-6-19)15-24(33)27-26(22)29(30,28(18)35-27)13-14-31(25)17-20-7-8-20/h2-6,15,20,25,28,33-34H,1,7-14,16-17H2/t25?,28-,29-,30?/m0/s1. The number of ether oxygens (including phenoxy) is 1. The highest BCUT2D eigenvalue weighted by molar-refractivity contribution is 5.99. The van der Waals surface area contributed by atoms with Gasteiger partial charge < -0.3 is 14.9 Å². The lowest BCUT2D eigenvalue weighted by atomic mass is 9.48. The Bertz CT molecular complexity index is 1230. The average Bonchev–Trinajstić information content (AvgIpc) is 3.60. The van der Waals surface area contributed by atoms with Gasteiger partial charge in [-0.25, -0.2) is 0 Å². The van der Waals surface area contributed by atoms with Crippen molar-refractivity contribution in [2.45, 2.75) is 74.5 Å². The number of hydrogen-bond donors (Lipinski definition) is 2. The van der Waals surface area contributed by atoms with Crippen molar-refractivity contribution in [3.05, 3.63) is 70.8 Å². The fraction of sp³-hybridized carbons (Fsp3) is 0.500. The van der Waals surface area contributed by atoms with Crippen molar-refractivity contribution in [1.82, 2.24) is 4.90 Å². The molecule has 35 heavy (non-hydrogen) atoms. The van der Waals surface area contributed by atoms with Gasteiger partial charge in [-0.2, -0.15) is 0 Å². The van der Waals surface area contributed by atoms with Gasteiger partial charge >= 0.3 is 0 Å². The van der Waals surface area contributed by atoms with E-state index in [-0.39, 0.29) is 23.7 Å². The summed E-state index contributed by atoms with van der Waals surface area (Å²) < 4.78 is 6.44. The first-order valence-corrected chi connectivity index (χ1v) is 13.2. The van der Waals surface area contributed by atoms with Crippen LogP contribution in [0.4, 0.5) is 0 Å². The second-order valence-electron chi connectivity index (χ2n) is 11.5. The highest BCUT2D eigenvalue weighted by Gasteiger charge is 2.72. The predicted molar refractivity (Wildman–Crippen MR) is 133 cm³/mol. The van der Waals surface area contributed by atoms with E-state index in [0.29, 0.717) is 37.0 Å². The minimum Gasteiger partial charge on any atom is -0.504 e. The molecule has 2 bridgehead atoms. The lowest BCUT2D eigenvalue weighted by molar-refractivity contribution is -0.174. The van der Waals surface area contributed by atoms with E-state index >= 15 is 0 Å². The zero-order valence-corrected chi connectivity index (χ0v) is 20.1. The normalized spacial score (nSPS) is 32.8. The first-order chi connectivity index (χ1) is 16.9. The maximum Gasteiger partial charge on any atom is 0.166 e. The Balaban J connectivity index is 1.34. The number of aromatic hydroxyl groups is 1. The molecule has 4 atom stereocenters. The molecule has 5 aliphatic rings. The zero-order valence-electron chi connectivity index (χ0n) is 20.1. The lowest BCUT2D eigenvalue weighted by Crippen LogP contribution is -2.75. The second-order valence-corrected chi connectivity index (χ2v) is 11.5. The summed E-state index contributed by atoms with van der Waals surface area (Å²) in [7, 11) is 0. The molecule has 2 aromatic rings. The molecule has 2 saturated carbocycles. The number of piperidine rings is 1. The fourth-order valence-electron chi connectivity index (χ4n) is 7.76. The fourth-order valence-corrected chi connectivity index (χ4v) is 7.76. The number of phenolic OH excluding ortho intramolecular Hbond substituents is 1. The van der Waals surface area contributed by atoms with E-state index in [1.807, 2.05) is 30.3 Å². The zero-order chi connectivity index (χ0) is 23.9. The van der Waals surface area contributed by atoms with Crippen molar-refractivity contribution in [3.8, 4) is 11.5 Å². The van der Waals surface area contributed by atoms with E-state index in [0.717, 1.165) is 54.1 Å². The van der Waals surface area contributed by atoms with E-state index in [1.54, 1.807) is 6.07 Å². The van der Waals surface area contributed by atoms with E-state index in [2.05, 4.69) is 11.5 Å². The van der Waals surface area contributed by atoms with E-state index in [9.17, 15) is 15.0 Å². The van der Waals surface area contributed by atoms with Crippen molar-refractivity contribution in [1.29, 1.82) is 0 Å². The Morgan fingerprint density at radius 3 is 2.77 bits per heavy atom. The van der Waals surface area contributed by atoms with Crippen LogP contribution in [-0.2, 0) is 18.3 Å². The van der Waals surface area contributed by atoms with Gasteiger partial charge in [0.1, 0.15) is 6.10 Å². The van der Waals surface area contributed by atoms with Gasteiger partial charge in [0, 0.05) is 30.1 Å². The summed E-state index contributed by atoms with van der Waals surface area (Å²) in [6.07, 6.45) is 6.02. The first kappa shape index (κ1) is 21.6. The van der Waals surface area contributed by atoms with Gasteiger partial charge in [0.15, 0.2) is 17.3 Å². The van der Waals surface area contributed by atoms with Gasteiger partial charge in [-0.1, -0.05) is 36.9 Å². The number of rotatable bonds is 6. The quantitative estimate of drug-likeness (QED) is 0.485. The van der Waals surface area contributed by atoms with Crippen molar-refractivity contribution in [2.24, 2.45) is 5.92 Å². The average molecular weight is 472 g/mol. The van der Waals surface area contributed by atoms with Crippen molar-refractivity contribution < 1.29 is 19.7 Å². The second kappa shape index (κ2) is 7.44. The SMILES string of the molecule is C=C1CCC2(O)C3Cc4c(C(=O)CCc5ccccc5)cc(O)c5c4[C@@]2(CCN3CC2CC2)[C@H]1O5. The molecule has 2 aliphatic heterocycles. The third-order valence-electron chi connectivity index (χ3n) is 9.62. The summed E-state index contributed by atoms with van der Waals surface area (Å²) in [6, 6.07) is 11.6. The summed E-state index contributed by atoms with van der Waals surface area (Å²) in [6.45, 7) is 6.26. The van der Waals surface area contributed by atoms with Crippen molar-refractivity contribution in [2.75, 3.05) is 13.1 Å². The van der Waals surface area contributed by atoms with Gasteiger partial charge in [0.05, 0.1) is 11.0 Å². The van der Waals surface area contributed by atoms with Crippen molar-refractivity contribution in [3.63, 3.8) is 0 Å². The molecule has 1 spiro atoms. The van der Waals surface area contributed by atoms with Crippen LogP contribution in [0, 0.1) is 5.92 Å². The van der Waals surface area contributed by atoms with E-state index < -0.39 is 11.0 Å². The van der Waals surface area contributed by atoms with Gasteiger partial charge in [-0.3, -0.25) is 9.69 Å². The molecule has 5 nitrogen and oxygen atoms in total. The summed E-state index contributed by atoms with van der Waals surface area (Å²) in [5, 5.41) is 23.5. The number of likely N-dealkylation sites (tertiary alicyclic amines) is 1. The molecule has 2 N–H and O–H groups in total. The van der Waals surface area contributed by atoms with Crippen LogP contribution in [0.3, 0.4) is 0 Å². The molecule has 7 rings (SSSR count). The minimum absolute atomic E-state index is 0.0181. The number of aliphatic hydroxyl groups is 1. The number of Topliss-reactive ketones (excluding diaryl/α,β-unsaturated/α-hetero) is 1. The molecule has 182 valence electrons. The lowest BCUT2D eigenvalue weighted by Gasteiger charge is -2.63. The van der Waals surface area contributed by atoms with Crippen LogP contribution in [0.5, 0.6) is 11.5 Å². The maximum atomic E-state index is 13.6. The molecule has 3 aliphatic carbocycles. The van der Waals surface area contributed by atoms with Crippen molar-refractivity contribution >= 4 is 5.78 Å². The van der Waals surface area contributed by atoms with E-state index in [1.165, 1.54) is 12.8 Å². The van der Waals surface area contributed by atoms with Gasteiger partial charge in [-0.15, -0.1) is 0 Å². The molecule has 5 heteroatoms. The summed E-state index contributed by atoms with van der Waals surface area (Å²) >= 11 is 0. The number of carbonyl (C=O) groups is 1. The third-order valence-corrected chi connectivity index (χ3v) is 9.62. The van der Waals surface area contributed by atoms with Gasteiger partial charge in [-0.05, 0) is 80.2 Å². The molecule has 0 amide bonds. The summed E-state index contributed by atoms with van der Waals surface area (Å²) in [5.74, 6) is 1.27. The monoisotopic (exact) mass is 471 g/mol. The van der Waals surface area contributed by atoms with E-state index in [4.69, 9.17) is 4.74 Å². The van der Waals surface area contributed by atoms with Crippen LogP contribution in [0.15, 0.2) is 48.6 Å². The highest BCUT2D eigenvalue weighted by atomic mass is 16.5. The largest absolute Gasteiger partial charge is 0.504 e. The number of hydrogen-bond acceptors (Lipinski definition) is 5. The number of phenols is 1. The van der Waals surface area contributed by atoms with Crippen LogP contribution < -0.4 is 4.74 Å². The third kappa shape index (κ3) is 2.91. The molecule has 0 aromatic heterocycles. The maximum absolute atomic E-state index is 13.6. The van der Waals surface area contributed by atoms with Crippen LogP contribution in [0.2, 0.25) is 0 Å². The molecular formula is C30H33NO4. The molecule has 0 radical (unpaired) electrons. The molecule has 2 unspecified atom stereocenters. The number of carbonyl (C=O) groups excluding carboxylic acids is 1. The first-order valence-electron chi connectivity index (χ1n) is 13.2. The molecular weight excluding hydrogens is 438 g/mol. The minimum atomic E-state index is -0.942. The molecule has 3 fully saturated rings. The Morgan fingerprint density at radius 2 is 2.00 bits per heavy atom. The summed E-state index contributed by atoms with van der Waals surface area (Å²) in [5.41, 5.74) is 3.04. The number of ketones is 1. The Labute approximate surface area is 206 Å². The Morgan fingerprint density at radius 1 is 1.20 bits per heavy atom. The number of aryl methyl sites for hydroxylation is 1. The predicted octanol–water partition coefficient (Wildman–Crippen LogP) is 4.33. The molecule has 2 heterocycles. The Kier molecular flexibility index (Phi) is 4.60. The van der Waals surface area contributed by atoms with Crippen LogP contribution in [0.1, 0.15) is 65.6 Å². The Hall–Kier alpha value is -2.63. The van der Waals surface area contributed by atoms with Gasteiger partial charge in [0.25, 0.3) is 0 Å². The number of nitrogens with zero attached hydrogens (tertiary/aromatic N) is 1. The van der Waals surface area contributed by atoms with Gasteiger partial charge in [0.2, 0.25) is 0 Å². The highest BCUT2D eigenvalue weighted by Crippen LogP contribution is 2.66. The van der Waals surface area contributed by atoms with Crippen LogP contribution >= 0.6 is 0 Å². The topological polar surface area (TPSA) is 70.0 Å².